The van der Waals surface area contributed by atoms with Crippen LogP contribution in [0.2, 0.25) is 0 Å². The first-order valence-corrected chi connectivity index (χ1v) is 40.5. The molecule has 0 fully saturated rings. The number of hydrogen-bond donors (Lipinski definition) is 0. The summed E-state index contributed by atoms with van der Waals surface area (Å²) in [5, 5.41) is 27.3. The first-order valence-electron chi connectivity index (χ1n) is 40.5. The summed E-state index contributed by atoms with van der Waals surface area (Å²) in [6, 6.07) is 146. The van der Waals surface area contributed by atoms with Crippen molar-refractivity contribution in [2.75, 3.05) is 0 Å². The van der Waals surface area contributed by atoms with E-state index in [9.17, 15) is 10.5 Å². The molecule has 0 amide bonds. The van der Waals surface area contributed by atoms with Crippen LogP contribution in [0.15, 0.2) is 421 Å². The van der Waals surface area contributed by atoms with Gasteiger partial charge in [-0.15, -0.1) is 0 Å². The van der Waals surface area contributed by atoms with Crippen molar-refractivity contribution in [3.05, 3.63) is 424 Å². The Kier molecular flexibility index (Phi) is 18.8. The number of nitriles is 2. The van der Waals surface area contributed by atoms with Gasteiger partial charge in [-0.2, -0.15) is 10.5 Å². The van der Waals surface area contributed by atoms with Gasteiger partial charge in [-0.1, -0.05) is 352 Å². The standard InChI is InChI=1S/C59H35N5O.C53H33N3O/c60-36-38-14-18-41(19-15-38)44-22-24-46(25-23-44)50-34-52(47-30-26-45(27-31-47)42-20-16-39(37-61)17-21-42)56-53(35-50)55-51(12-7-13-54(55)65-56)59-63-57(48-10-5-2-6-11-48)62-58(64-59)49-32-28-43(29-33-49)40-8-3-1-4-9-40;1-3-14-34(15-4-1)35-28-30-39(31-29-35)52-54-51(38-18-5-2-6-19-38)55-53(56-52)45-26-13-27-48-49(45)47-33-40(43-24-11-20-36-16-7-9-22-41(36)43)32-46(50(47)57-48)44-25-12-21-37-17-8-10-23-42(37)44/h1-35H;1-33H. The Hall–Kier alpha value is -16.9. The van der Waals surface area contributed by atoms with Gasteiger partial charge in [0.15, 0.2) is 34.9 Å². The Morgan fingerprint density at radius 2 is 0.459 bits per heavy atom. The minimum absolute atomic E-state index is 0.541. The van der Waals surface area contributed by atoms with Crippen LogP contribution in [0.4, 0.5) is 0 Å². The van der Waals surface area contributed by atoms with Gasteiger partial charge in [0.2, 0.25) is 0 Å². The van der Waals surface area contributed by atoms with Crippen molar-refractivity contribution in [3.8, 4) is 169 Å². The zero-order valence-corrected chi connectivity index (χ0v) is 65.7. The summed E-state index contributed by atoms with van der Waals surface area (Å²) in [5.74, 6) is 3.50. The lowest BCUT2D eigenvalue weighted by Crippen LogP contribution is -2.00. The predicted octanol–water partition coefficient (Wildman–Crippen LogP) is 28.9. The Morgan fingerprint density at radius 1 is 0.180 bits per heavy atom. The Bertz CT molecular complexity index is 7810. The quantitative estimate of drug-likeness (QED) is 0.103. The summed E-state index contributed by atoms with van der Waals surface area (Å²) in [6.07, 6.45) is 0. The van der Waals surface area contributed by atoms with E-state index in [0.29, 0.717) is 46.1 Å². The van der Waals surface area contributed by atoms with Crippen molar-refractivity contribution in [2.45, 2.75) is 0 Å². The van der Waals surface area contributed by atoms with Gasteiger partial charge in [0, 0.05) is 66.1 Å². The molecule has 0 spiro atoms. The number of aromatic nitrogens is 6. The number of rotatable bonds is 14. The summed E-state index contributed by atoms with van der Waals surface area (Å²) < 4.78 is 13.8. The normalized spacial score (nSPS) is 11.3. The molecule has 0 aliphatic heterocycles. The second kappa shape index (κ2) is 31.6. The molecule has 568 valence electrons. The minimum Gasteiger partial charge on any atom is -0.455 e. The molecular weight excluding hydrogens is 1490 g/mol. The molecule has 0 saturated carbocycles. The van der Waals surface area contributed by atoms with Gasteiger partial charge in [0.05, 0.1) is 23.3 Å². The summed E-state index contributed by atoms with van der Waals surface area (Å²) >= 11 is 0. The van der Waals surface area contributed by atoms with E-state index in [-0.39, 0.29) is 0 Å². The van der Waals surface area contributed by atoms with Crippen LogP contribution in [0.1, 0.15) is 11.1 Å². The maximum absolute atomic E-state index is 9.35. The fourth-order valence-corrected chi connectivity index (χ4v) is 16.6. The number of benzene rings is 18. The van der Waals surface area contributed by atoms with E-state index in [1.54, 1.807) is 0 Å². The van der Waals surface area contributed by atoms with Crippen molar-refractivity contribution >= 4 is 65.4 Å². The summed E-state index contributed by atoms with van der Waals surface area (Å²) in [4.78, 5) is 30.9. The predicted molar refractivity (Wildman–Crippen MR) is 495 cm³/mol. The second-order valence-electron chi connectivity index (χ2n) is 30.2. The highest BCUT2D eigenvalue weighted by Crippen LogP contribution is 2.48. The molecule has 10 heteroatoms. The molecule has 18 aromatic carbocycles. The Morgan fingerprint density at radius 3 is 0.877 bits per heavy atom. The largest absolute Gasteiger partial charge is 0.455 e. The lowest BCUT2D eigenvalue weighted by molar-refractivity contribution is 0.669. The van der Waals surface area contributed by atoms with Crippen molar-refractivity contribution in [1.82, 2.24) is 29.9 Å². The molecule has 4 heterocycles. The van der Waals surface area contributed by atoms with Crippen LogP contribution < -0.4 is 0 Å². The highest BCUT2D eigenvalue weighted by Gasteiger charge is 2.25. The lowest BCUT2D eigenvalue weighted by Gasteiger charge is -2.13. The maximum Gasteiger partial charge on any atom is 0.164 e. The fourth-order valence-electron chi connectivity index (χ4n) is 16.6. The van der Waals surface area contributed by atoms with Crippen molar-refractivity contribution < 1.29 is 8.83 Å². The van der Waals surface area contributed by atoms with Crippen LogP contribution in [-0.2, 0) is 0 Å². The Balaban J connectivity index is 0.000000151. The molecule has 0 N–H and O–H groups in total. The first-order chi connectivity index (χ1) is 60.3. The zero-order chi connectivity index (χ0) is 81.4. The molecule has 0 radical (unpaired) electrons. The van der Waals surface area contributed by atoms with Gasteiger partial charge in [-0.3, -0.25) is 0 Å². The molecule has 22 rings (SSSR count). The molecule has 0 aliphatic rings. The average molecular weight is 1560 g/mol. The van der Waals surface area contributed by atoms with Crippen molar-refractivity contribution in [1.29, 1.82) is 10.5 Å². The van der Waals surface area contributed by atoms with E-state index in [2.05, 4.69) is 267 Å². The molecule has 0 bridgehead atoms. The third-order valence-electron chi connectivity index (χ3n) is 22.8. The van der Waals surface area contributed by atoms with Crippen molar-refractivity contribution in [3.63, 3.8) is 0 Å². The van der Waals surface area contributed by atoms with Gasteiger partial charge in [-0.25, -0.2) is 29.9 Å². The molecular formula is C112H68N8O2. The highest BCUT2D eigenvalue weighted by atomic mass is 16.3. The number of fused-ring (bicyclic) bond motifs is 8. The minimum atomic E-state index is 0.541. The van der Waals surface area contributed by atoms with Gasteiger partial charge in [0.25, 0.3) is 0 Å². The van der Waals surface area contributed by atoms with E-state index in [1.807, 2.05) is 158 Å². The number of furan rings is 2. The van der Waals surface area contributed by atoms with Gasteiger partial charge >= 0.3 is 0 Å². The van der Waals surface area contributed by atoms with E-state index >= 15 is 0 Å². The molecule has 0 atom stereocenters. The fraction of sp³-hybridized carbons (Fsp3) is 0. The van der Waals surface area contributed by atoms with Crippen LogP contribution in [0.5, 0.6) is 0 Å². The number of nitrogens with zero attached hydrogens (tertiary/aromatic N) is 8. The molecule has 10 nitrogen and oxygen atoms in total. The maximum atomic E-state index is 9.35. The van der Waals surface area contributed by atoms with Crippen LogP contribution in [0, 0.1) is 22.7 Å². The van der Waals surface area contributed by atoms with Gasteiger partial charge < -0.3 is 8.83 Å². The monoisotopic (exact) mass is 1560 g/mol. The summed E-state index contributed by atoms with van der Waals surface area (Å²) in [7, 11) is 0. The Labute approximate surface area is 703 Å². The highest BCUT2D eigenvalue weighted by molar-refractivity contribution is 6.19. The molecule has 4 aromatic heterocycles. The van der Waals surface area contributed by atoms with E-state index in [0.717, 1.165) is 166 Å². The molecule has 22 aromatic rings. The zero-order valence-electron chi connectivity index (χ0n) is 65.7. The third kappa shape index (κ3) is 14.0. The topological polar surface area (TPSA) is 151 Å². The summed E-state index contributed by atoms with van der Waals surface area (Å²) in [6.45, 7) is 0. The first kappa shape index (κ1) is 72.8. The average Bonchev–Trinajstić information content (AvgIpc) is 1.56. The van der Waals surface area contributed by atoms with E-state index in [1.165, 1.54) is 21.5 Å². The SMILES string of the molecule is N#Cc1ccc(-c2ccc(-c3cc(-c4ccc(-c5ccc(C#N)cc5)cc4)c4oc5cccc(-c6nc(-c7ccccc7)nc(-c7ccc(-c8ccccc8)cc7)n6)c5c4c3)cc2)cc1.c1ccc(-c2ccc(-c3nc(-c4ccccc4)nc(-c4cccc5oc6c(-c7cccc8ccccc78)cc(-c7cccc8ccccc78)cc6c45)n3)cc2)cc1. The summed E-state index contributed by atoms with van der Waals surface area (Å²) in [5.41, 5.74) is 26.8. The second-order valence-corrected chi connectivity index (χ2v) is 30.2. The van der Waals surface area contributed by atoms with E-state index < -0.39 is 0 Å². The molecule has 122 heavy (non-hydrogen) atoms. The van der Waals surface area contributed by atoms with Gasteiger partial charge in [0.1, 0.15) is 22.3 Å². The van der Waals surface area contributed by atoms with Gasteiger partial charge in [-0.05, 0) is 160 Å². The van der Waals surface area contributed by atoms with Crippen LogP contribution in [-0.4, -0.2) is 29.9 Å². The molecule has 0 aliphatic carbocycles. The van der Waals surface area contributed by atoms with Crippen LogP contribution >= 0.6 is 0 Å². The van der Waals surface area contributed by atoms with E-state index in [4.69, 9.17) is 38.7 Å². The lowest BCUT2D eigenvalue weighted by atomic mass is 9.91. The van der Waals surface area contributed by atoms with Crippen LogP contribution in [0.3, 0.4) is 0 Å². The number of hydrogen-bond acceptors (Lipinski definition) is 10. The van der Waals surface area contributed by atoms with Crippen LogP contribution in [0.25, 0.3) is 223 Å². The smallest absolute Gasteiger partial charge is 0.164 e. The van der Waals surface area contributed by atoms with Crippen molar-refractivity contribution in [2.24, 2.45) is 0 Å². The molecule has 0 unspecified atom stereocenters. The molecule has 0 saturated heterocycles. The third-order valence-corrected chi connectivity index (χ3v) is 22.8.